The highest BCUT2D eigenvalue weighted by atomic mass is 35.5. The van der Waals surface area contributed by atoms with Crippen LogP contribution in [0.5, 0.6) is 0 Å². The Bertz CT molecular complexity index is 2610. The Morgan fingerprint density at radius 1 is 0.448 bits per heavy atom. The van der Waals surface area contributed by atoms with Gasteiger partial charge in [-0.25, -0.2) is 28.7 Å². The van der Waals surface area contributed by atoms with Gasteiger partial charge < -0.3 is 10.0 Å². The van der Waals surface area contributed by atoms with Gasteiger partial charge >= 0.3 is 7.12 Å². The minimum Gasteiger partial charge on any atom is -0.423 e. The smallest absolute Gasteiger partial charge is 0.423 e. The summed E-state index contributed by atoms with van der Waals surface area (Å²) < 4.78 is 27.4. The molecular formula is C44H28BClF2N8O2. The Morgan fingerprint density at radius 3 is 1.14 bits per heavy atom. The van der Waals surface area contributed by atoms with Crippen LogP contribution in [0.25, 0.3) is 56.9 Å². The summed E-state index contributed by atoms with van der Waals surface area (Å²) in [6.45, 7) is 0. The molecule has 58 heavy (non-hydrogen) atoms. The molecule has 2 aromatic heterocycles. The fourth-order valence-corrected chi connectivity index (χ4v) is 5.44. The van der Waals surface area contributed by atoms with Crippen LogP contribution in [-0.4, -0.2) is 47.1 Å². The fourth-order valence-electron chi connectivity index (χ4n) is 5.28. The predicted octanol–water partition coefficient (Wildman–Crippen LogP) is 8.12. The van der Waals surface area contributed by atoms with Crippen LogP contribution in [0.4, 0.5) is 8.78 Å². The van der Waals surface area contributed by atoms with E-state index in [-0.39, 0.29) is 33.3 Å². The van der Waals surface area contributed by atoms with Gasteiger partial charge in [-0.15, -0.1) is 0 Å². The molecule has 6 aromatic carbocycles. The second kappa shape index (κ2) is 19.4. The average Bonchev–Trinajstić information content (AvgIpc) is 3.27. The van der Waals surface area contributed by atoms with Crippen LogP contribution in [0.15, 0.2) is 158 Å². The zero-order chi connectivity index (χ0) is 40.9. The van der Waals surface area contributed by atoms with E-state index < -0.39 is 18.8 Å². The first kappa shape index (κ1) is 40.1. The Balaban J connectivity index is 0.000000159. The Hall–Kier alpha value is -7.55. The highest BCUT2D eigenvalue weighted by molar-refractivity contribution is 6.58. The lowest BCUT2D eigenvalue weighted by atomic mass is 9.79. The molecule has 0 aliphatic carbocycles. The van der Waals surface area contributed by atoms with Crippen molar-refractivity contribution < 1.29 is 18.8 Å². The van der Waals surface area contributed by atoms with Gasteiger partial charge in [-0.05, 0) is 41.9 Å². The van der Waals surface area contributed by atoms with Crippen molar-refractivity contribution in [3.05, 3.63) is 186 Å². The van der Waals surface area contributed by atoms with E-state index in [0.29, 0.717) is 23.3 Å². The maximum absolute atomic E-state index is 14.5. The molecule has 0 atom stereocenters. The molecule has 0 aliphatic heterocycles. The maximum atomic E-state index is 14.5. The number of rotatable bonds is 6. The molecule has 0 radical (unpaired) electrons. The number of halogens is 3. The van der Waals surface area contributed by atoms with Crippen molar-refractivity contribution >= 4 is 24.2 Å². The maximum Gasteiger partial charge on any atom is 0.491 e. The third-order valence-electron chi connectivity index (χ3n) is 8.12. The zero-order valence-electron chi connectivity index (χ0n) is 30.2. The SMILES string of the molecule is Clc1nc(-c2ccccc2)nc(-c2ccccc2)n1.N#Cc1ccc(-c2nc(-c3ccccc3)nc(-c3ccccc3)n2)c(F)c1.N#Cc1ccc(B(O)O)c(F)c1. The van der Waals surface area contributed by atoms with E-state index in [4.69, 9.17) is 32.2 Å². The fraction of sp³-hybridized carbons (Fsp3) is 0. The molecule has 8 rings (SSSR count). The number of nitriles is 2. The summed E-state index contributed by atoms with van der Waals surface area (Å²) in [4.78, 5) is 26.3. The van der Waals surface area contributed by atoms with Crippen molar-refractivity contribution in [1.29, 1.82) is 10.5 Å². The normalized spacial score (nSPS) is 10.1. The molecule has 0 unspecified atom stereocenters. The van der Waals surface area contributed by atoms with Crippen molar-refractivity contribution in [2.75, 3.05) is 0 Å². The first-order valence-electron chi connectivity index (χ1n) is 17.4. The van der Waals surface area contributed by atoms with Gasteiger partial charge in [-0.2, -0.15) is 20.5 Å². The van der Waals surface area contributed by atoms with Crippen LogP contribution in [0.1, 0.15) is 11.1 Å². The standard InChI is InChI=1S/C22H13FN4.C15H10ClN3.C7H5BFNO2/c23-19-13-15(14-24)11-12-18(19)22-26-20(16-7-3-1-4-8-16)25-21(27-22)17-9-5-2-6-10-17;16-15-18-13(11-7-3-1-4-8-11)17-14(19-15)12-9-5-2-6-10-12;9-7-3-5(4-10)1-2-6(7)8(11)12/h1-13H;1-10H;1-3,11-12H. The zero-order valence-corrected chi connectivity index (χ0v) is 31.0. The topological polar surface area (TPSA) is 165 Å². The van der Waals surface area contributed by atoms with Crippen LogP contribution in [-0.2, 0) is 0 Å². The first-order valence-corrected chi connectivity index (χ1v) is 17.7. The van der Waals surface area contributed by atoms with E-state index >= 15 is 0 Å². The minimum absolute atomic E-state index is 0.150. The average molecular weight is 785 g/mol. The molecule has 0 bridgehead atoms. The number of hydrogen-bond acceptors (Lipinski definition) is 10. The van der Waals surface area contributed by atoms with Crippen molar-refractivity contribution in [3.8, 4) is 69.1 Å². The summed E-state index contributed by atoms with van der Waals surface area (Å²) >= 11 is 5.99. The molecule has 0 aliphatic rings. The predicted molar refractivity (Wildman–Crippen MR) is 217 cm³/mol. The third-order valence-corrected chi connectivity index (χ3v) is 8.29. The monoisotopic (exact) mass is 784 g/mol. The van der Waals surface area contributed by atoms with E-state index in [1.807, 2.05) is 127 Å². The molecule has 2 N–H and O–H groups in total. The molecule has 14 heteroatoms. The van der Waals surface area contributed by atoms with Crippen LogP contribution in [0.2, 0.25) is 5.28 Å². The molecule has 8 aromatic rings. The van der Waals surface area contributed by atoms with Gasteiger partial charge in [0.2, 0.25) is 5.28 Å². The van der Waals surface area contributed by atoms with Gasteiger partial charge in [0.15, 0.2) is 29.1 Å². The van der Waals surface area contributed by atoms with E-state index in [1.54, 1.807) is 12.1 Å². The second-order valence-electron chi connectivity index (χ2n) is 12.1. The van der Waals surface area contributed by atoms with Crippen molar-refractivity contribution in [2.24, 2.45) is 0 Å². The second-order valence-corrected chi connectivity index (χ2v) is 12.4. The van der Waals surface area contributed by atoms with Crippen LogP contribution in [0, 0.1) is 34.3 Å². The van der Waals surface area contributed by atoms with E-state index in [1.165, 1.54) is 24.3 Å². The van der Waals surface area contributed by atoms with Crippen LogP contribution < -0.4 is 5.46 Å². The minimum atomic E-state index is -1.84. The highest BCUT2D eigenvalue weighted by Gasteiger charge is 2.17. The Morgan fingerprint density at radius 2 is 0.793 bits per heavy atom. The van der Waals surface area contributed by atoms with Crippen LogP contribution in [0.3, 0.4) is 0 Å². The highest BCUT2D eigenvalue weighted by Crippen LogP contribution is 2.27. The van der Waals surface area contributed by atoms with Gasteiger partial charge in [0, 0.05) is 27.7 Å². The lowest BCUT2D eigenvalue weighted by Gasteiger charge is -2.09. The third kappa shape index (κ3) is 10.4. The number of hydrogen-bond donors (Lipinski definition) is 2. The molecule has 2 heterocycles. The first-order chi connectivity index (χ1) is 28.2. The van der Waals surface area contributed by atoms with Gasteiger partial charge in [-0.3, -0.25) is 0 Å². The quantitative estimate of drug-likeness (QED) is 0.157. The van der Waals surface area contributed by atoms with Gasteiger partial charge in [0.05, 0.1) is 28.8 Å². The summed E-state index contributed by atoms with van der Waals surface area (Å²) in [5.74, 6) is 0.984. The van der Waals surface area contributed by atoms with Gasteiger partial charge in [-0.1, -0.05) is 127 Å². The molecule has 10 nitrogen and oxygen atoms in total. The Kier molecular flexibility index (Phi) is 13.4. The molecular weight excluding hydrogens is 757 g/mol. The summed E-state index contributed by atoms with van der Waals surface area (Å²) in [6.07, 6.45) is 0. The van der Waals surface area contributed by atoms with E-state index in [2.05, 4.69) is 29.9 Å². The van der Waals surface area contributed by atoms with Crippen LogP contribution >= 0.6 is 11.6 Å². The van der Waals surface area contributed by atoms with Crippen molar-refractivity contribution in [1.82, 2.24) is 29.9 Å². The summed E-state index contributed by atoms with van der Waals surface area (Å²) in [6, 6.07) is 49.7. The number of nitrogens with zero attached hydrogens (tertiary/aromatic N) is 8. The number of benzene rings is 6. The van der Waals surface area contributed by atoms with E-state index in [9.17, 15) is 8.78 Å². The lowest BCUT2D eigenvalue weighted by molar-refractivity contribution is 0.423. The van der Waals surface area contributed by atoms with Crippen molar-refractivity contribution in [2.45, 2.75) is 0 Å². The van der Waals surface area contributed by atoms with Crippen molar-refractivity contribution in [3.63, 3.8) is 0 Å². The summed E-state index contributed by atoms with van der Waals surface area (Å²) in [7, 11) is -1.84. The molecule has 280 valence electrons. The summed E-state index contributed by atoms with van der Waals surface area (Å²) in [5, 5.41) is 34.7. The molecule has 0 spiro atoms. The molecule has 0 saturated carbocycles. The lowest BCUT2D eigenvalue weighted by Crippen LogP contribution is -2.32. The largest absolute Gasteiger partial charge is 0.491 e. The summed E-state index contributed by atoms with van der Waals surface area (Å²) in [5.41, 5.74) is 3.86. The van der Waals surface area contributed by atoms with Gasteiger partial charge in [0.1, 0.15) is 11.6 Å². The van der Waals surface area contributed by atoms with Gasteiger partial charge in [0.25, 0.3) is 0 Å². The molecule has 0 fully saturated rings. The Labute approximate surface area is 337 Å². The van der Waals surface area contributed by atoms with E-state index in [0.717, 1.165) is 28.3 Å². The number of aromatic nitrogens is 6. The molecule has 0 amide bonds. The molecule has 0 saturated heterocycles.